The van der Waals surface area contributed by atoms with E-state index in [1.54, 1.807) is 13.8 Å². The quantitative estimate of drug-likeness (QED) is 0.774. The zero-order valence-corrected chi connectivity index (χ0v) is 14.0. The zero-order chi connectivity index (χ0) is 16.8. The number of benzene rings is 1. The molecule has 2 N–H and O–H groups in total. The van der Waals surface area contributed by atoms with Gasteiger partial charge in [-0.3, -0.25) is 9.59 Å². The lowest BCUT2D eigenvalue weighted by atomic mass is 9.90. The van der Waals surface area contributed by atoms with Crippen molar-refractivity contribution in [2.45, 2.75) is 52.9 Å². The molecule has 0 unspecified atom stereocenters. The first-order chi connectivity index (χ1) is 10.2. The predicted octanol–water partition coefficient (Wildman–Crippen LogP) is 3.36. The first-order valence-corrected chi connectivity index (χ1v) is 7.81. The van der Waals surface area contributed by atoms with Crippen LogP contribution in [0, 0.1) is 5.41 Å². The first kappa shape index (κ1) is 18.2. The van der Waals surface area contributed by atoms with Gasteiger partial charge in [-0.05, 0) is 43.7 Å². The number of carboxylic acid groups (broad SMARTS) is 1. The molecule has 122 valence electrons. The van der Waals surface area contributed by atoms with Gasteiger partial charge in [-0.2, -0.15) is 0 Å². The van der Waals surface area contributed by atoms with Crippen LogP contribution in [0.1, 0.15) is 57.6 Å². The van der Waals surface area contributed by atoms with Crippen LogP contribution in [-0.2, 0) is 16.0 Å². The Kier molecular flexibility index (Phi) is 6.60. The molecule has 0 aliphatic heterocycles. The number of hydrogen-bond acceptors (Lipinski definition) is 2. The van der Waals surface area contributed by atoms with Crippen molar-refractivity contribution in [3.63, 3.8) is 0 Å². The molecule has 0 aliphatic rings. The molecule has 1 aromatic carbocycles. The fourth-order valence-corrected chi connectivity index (χ4v) is 2.04. The second-order valence-electron chi connectivity index (χ2n) is 6.69. The maximum Gasteiger partial charge on any atom is 0.309 e. The maximum atomic E-state index is 11.8. The summed E-state index contributed by atoms with van der Waals surface area (Å²) in [6, 6.07) is 8.34. The summed E-state index contributed by atoms with van der Waals surface area (Å²) in [6.45, 7) is 8.03. The molecule has 0 fully saturated rings. The van der Waals surface area contributed by atoms with Crippen LogP contribution in [0.25, 0.3) is 0 Å². The molecule has 0 saturated carbocycles. The van der Waals surface area contributed by atoms with Gasteiger partial charge in [-0.25, -0.2) is 0 Å². The van der Waals surface area contributed by atoms with Gasteiger partial charge in [0.15, 0.2) is 0 Å². The Morgan fingerprint density at radius 2 is 1.77 bits per heavy atom. The molecular weight excluding hydrogens is 278 g/mol. The molecule has 1 rings (SSSR count). The van der Waals surface area contributed by atoms with E-state index in [1.807, 2.05) is 0 Å². The summed E-state index contributed by atoms with van der Waals surface area (Å²) in [6.07, 6.45) is 1.55. The summed E-state index contributed by atoms with van der Waals surface area (Å²) >= 11 is 0. The van der Waals surface area contributed by atoms with Gasteiger partial charge in [0.05, 0.1) is 5.41 Å². The molecule has 0 heterocycles. The Labute approximate surface area is 132 Å². The number of amides is 1. The topological polar surface area (TPSA) is 66.4 Å². The number of aryl methyl sites for hydroxylation is 1. The van der Waals surface area contributed by atoms with Gasteiger partial charge in [0.2, 0.25) is 5.91 Å². The highest BCUT2D eigenvalue weighted by atomic mass is 16.4. The molecule has 0 saturated heterocycles. The molecule has 0 bridgehead atoms. The molecule has 0 atom stereocenters. The molecule has 4 heteroatoms. The predicted molar refractivity (Wildman–Crippen MR) is 87.9 cm³/mol. The van der Waals surface area contributed by atoms with Crippen molar-refractivity contribution >= 4 is 11.9 Å². The second-order valence-corrected chi connectivity index (χ2v) is 6.69. The molecule has 0 aliphatic carbocycles. The fourth-order valence-electron chi connectivity index (χ4n) is 2.04. The van der Waals surface area contributed by atoms with E-state index in [2.05, 4.69) is 43.4 Å². The number of rotatable bonds is 8. The van der Waals surface area contributed by atoms with Gasteiger partial charge in [0.25, 0.3) is 0 Å². The van der Waals surface area contributed by atoms with Crippen molar-refractivity contribution < 1.29 is 14.7 Å². The highest BCUT2D eigenvalue weighted by Gasteiger charge is 2.26. The zero-order valence-electron chi connectivity index (χ0n) is 14.0. The van der Waals surface area contributed by atoms with Crippen molar-refractivity contribution in [2.24, 2.45) is 5.41 Å². The number of carboxylic acids is 1. The van der Waals surface area contributed by atoms with E-state index in [1.165, 1.54) is 5.56 Å². The third-order valence-electron chi connectivity index (χ3n) is 3.94. The van der Waals surface area contributed by atoms with E-state index in [9.17, 15) is 9.59 Å². The van der Waals surface area contributed by atoms with Gasteiger partial charge in [0, 0.05) is 13.0 Å². The lowest BCUT2D eigenvalue weighted by molar-refractivity contribution is -0.147. The number of aliphatic carboxylic acids is 1. The van der Waals surface area contributed by atoms with Crippen molar-refractivity contribution in [3.8, 4) is 0 Å². The summed E-state index contributed by atoms with van der Waals surface area (Å²) in [5, 5.41) is 11.8. The lowest BCUT2D eigenvalue weighted by Crippen LogP contribution is -2.32. The first-order valence-electron chi connectivity index (χ1n) is 7.81. The molecular formula is C18H27NO3. The Balaban J connectivity index is 2.33. The van der Waals surface area contributed by atoms with Crippen LogP contribution >= 0.6 is 0 Å². The summed E-state index contributed by atoms with van der Waals surface area (Å²) in [7, 11) is 0. The van der Waals surface area contributed by atoms with Crippen molar-refractivity contribution in [3.05, 3.63) is 35.4 Å². The third kappa shape index (κ3) is 5.88. The van der Waals surface area contributed by atoms with Crippen LogP contribution in [0.3, 0.4) is 0 Å². The largest absolute Gasteiger partial charge is 0.481 e. The molecule has 1 amide bonds. The summed E-state index contributed by atoms with van der Waals surface area (Å²) < 4.78 is 0. The average molecular weight is 305 g/mol. The van der Waals surface area contributed by atoms with E-state index in [4.69, 9.17) is 5.11 Å². The van der Waals surface area contributed by atoms with E-state index in [-0.39, 0.29) is 5.91 Å². The van der Waals surface area contributed by atoms with Gasteiger partial charge >= 0.3 is 5.97 Å². The number of hydrogen-bond donors (Lipinski definition) is 2. The van der Waals surface area contributed by atoms with Crippen LogP contribution in [0.4, 0.5) is 0 Å². The molecule has 0 radical (unpaired) electrons. The molecule has 0 spiro atoms. The van der Waals surface area contributed by atoms with Gasteiger partial charge in [0.1, 0.15) is 0 Å². The van der Waals surface area contributed by atoms with E-state index < -0.39 is 11.4 Å². The highest BCUT2D eigenvalue weighted by molar-refractivity contribution is 5.76. The minimum Gasteiger partial charge on any atom is -0.481 e. The highest BCUT2D eigenvalue weighted by Crippen LogP contribution is 2.19. The summed E-state index contributed by atoms with van der Waals surface area (Å²) in [5.41, 5.74) is 1.63. The summed E-state index contributed by atoms with van der Waals surface area (Å²) in [5.74, 6) is -0.365. The van der Waals surface area contributed by atoms with Crippen molar-refractivity contribution in [1.29, 1.82) is 0 Å². The minimum atomic E-state index is -0.841. The molecule has 1 aromatic rings. The average Bonchev–Trinajstić information content (AvgIpc) is 2.45. The van der Waals surface area contributed by atoms with Crippen molar-refractivity contribution in [2.75, 3.05) is 6.54 Å². The lowest BCUT2D eigenvalue weighted by Gasteiger charge is -2.18. The van der Waals surface area contributed by atoms with E-state index in [0.717, 1.165) is 5.56 Å². The smallest absolute Gasteiger partial charge is 0.309 e. The van der Waals surface area contributed by atoms with Crippen LogP contribution in [0.15, 0.2) is 24.3 Å². The monoisotopic (exact) mass is 305 g/mol. The molecule has 22 heavy (non-hydrogen) atoms. The Morgan fingerprint density at radius 1 is 1.18 bits per heavy atom. The van der Waals surface area contributed by atoms with Crippen LogP contribution in [0.5, 0.6) is 0 Å². The van der Waals surface area contributed by atoms with Gasteiger partial charge < -0.3 is 10.4 Å². The standard InChI is InChI=1S/C18H27NO3/c1-13(2)15-8-5-14(6-9-15)7-10-16(20)19-12-11-18(3,4)17(21)22/h5-6,8-9,13H,7,10-12H2,1-4H3,(H,19,20)(H,21,22). The molecule has 4 nitrogen and oxygen atoms in total. The maximum absolute atomic E-state index is 11.8. The van der Waals surface area contributed by atoms with E-state index in [0.29, 0.717) is 31.7 Å². The normalized spacial score (nSPS) is 11.5. The van der Waals surface area contributed by atoms with Gasteiger partial charge in [-0.15, -0.1) is 0 Å². The van der Waals surface area contributed by atoms with Crippen LogP contribution < -0.4 is 5.32 Å². The third-order valence-corrected chi connectivity index (χ3v) is 3.94. The second kappa shape index (κ2) is 7.97. The summed E-state index contributed by atoms with van der Waals surface area (Å²) in [4.78, 5) is 22.8. The number of carbonyl (C=O) groups excluding carboxylic acids is 1. The number of nitrogens with one attached hydrogen (secondary N) is 1. The SMILES string of the molecule is CC(C)c1ccc(CCC(=O)NCCC(C)(C)C(=O)O)cc1. The fraction of sp³-hybridized carbons (Fsp3) is 0.556. The minimum absolute atomic E-state index is 0.0332. The van der Waals surface area contributed by atoms with Crippen molar-refractivity contribution in [1.82, 2.24) is 5.32 Å². The Hall–Kier alpha value is -1.84. The van der Waals surface area contributed by atoms with Gasteiger partial charge in [-0.1, -0.05) is 38.1 Å². The van der Waals surface area contributed by atoms with Crippen LogP contribution in [-0.4, -0.2) is 23.5 Å². The number of carbonyl (C=O) groups is 2. The van der Waals surface area contributed by atoms with Crippen LogP contribution in [0.2, 0.25) is 0 Å². The Bertz CT molecular complexity index is 504. The Morgan fingerprint density at radius 3 is 2.27 bits per heavy atom. The van der Waals surface area contributed by atoms with E-state index >= 15 is 0 Å². The molecule has 0 aromatic heterocycles.